The molecule has 1 amide bonds. The van der Waals surface area contributed by atoms with Crippen molar-refractivity contribution in [3.05, 3.63) is 29.8 Å². The Bertz CT molecular complexity index is 343. The number of aromatic nitrogens is 1. The fourth-order valence-electron chi connectivity index (χ4n) is 1.21. The minimum Gasteiger partial charge on any atom is -0.447 e. The quantitative estimate of drug-likeness (QED) is 0.659. The molecule has 1 atom stereocenters. The van der Waals surface area contributed by atoms with Crippen LogP contribution in [-0.2, 0) is 4.74 Å². The summed E-state index contributed by atoms with van der Waals surface area (Å²) in [6.45, 7) is 0.154. The van der Waals surface area contributed by atoms with E-state index in [1.54, 1.807) is 12.1 Å². The van der Waals surface area contributed by atoms with Crippen LogP contribution in [0.4, 0.5) is 9.18 Å². The van der Waals surface area contributed by atoms with Crippen molar-refractivity contribution in [2.75, 3.05) is 6.61 Å². The van der Waals surface area contributed by atoms with Crippen LogP contribution in [0.2, 0.25) is 0 Å². The molecule has 1 aromatic rings. The summed E-state index contributed by atoms with van der Waals surface area (Å²) in [6, 6.07) is 2.77. The first-order valence-corrected chi connectivity index (χ1v) is 3.81. The van der Waals surface area contributed by atoms with Crippen molar-refractivity contribution >= 4 is 6.09 Å². The summed E-state index contributed by atoms with van der Waals surface area (Å²) in [6.07, 6.45) is 0.837. The van der Waals surface area contributed by atoms with Gasteiger partial charge in [0.25, 0.3) is 0 Å². The average Bonchev–Trinajstić information content (AvgIpc) is 2.53. The van der Waals surface area contributed by atoms with Gasteiger partial charge in [0, 0.05) is 11.8 Å². The van der Waals surface area contributed by atoms with Gasteiger partial charge in [-0.2, -0.15) is 4.39 Å². The Balaban J connectivity index is 2.26. The third kappa shape index (κ3) is 1.44. The zero-order valence-corrected chi connectivity index (χ0v) is 6.66. The topological polar surface area (TPSA) is 51.2 Å². The molecule has 4 nitrogen and oxygen atoms in total. The third-order valence-corrected chi connectivity index (χ3v) is 1.84. The van der Waals surface area contributed by atoms with E-state index in [2.05, 4.69) is 15.0 Å². The van der Waals surface area contributed by atoms with E-state index < -0.39 is 18.1 Å². The highest BCUT2D eigenvalue weighted by molar-refractivity contribution is 5.70. The molecule has 1 fully saturated rings. The molecule has 1 saturated heterocycles. The molecule has 1 aliphatic heterocycles. The molecule has 1 aromatic heterocycles. The van der Waals surface area contributed by atoms with Crippen LogP contribution in [0.3, 0.4) is 0 Å². The van der Waals surface area contributed by atoms with Crippen molar-refractivity contribution < 1.29 is 13.9 Å². The minimum absolute atomic E-state index is 0.154. The highest BCUT2D eigenvalue weighted by atomic mass is 19.1. The maximum Gasteiger partial charge on any atom is 0.407 e. The van der Waals surface area contributed by atoms with Gasteiger partial charge < -0.3 is 10.1 Å². The smallest absolute Gasteiger partial charge is 0.407 e. The molecule has 13 heavy (non-hydrogen) atoms. The summed E-state index contributed by atoms with van der Waals surface area (Å²) in [7, 11) is 0. The first-order valence-electron chi connectivity index (χ1n) is 3.81. The van der Waals surface area contributed by atoms with E-state index in [0.29, 0.717) is 5.56 Å². The standard InChI is InChI=1S/C8H7FN2O2/c9-7-5(2-1-3-10-7)6-4-13-8(12)11-6/h1-3,6H,4H2,(H,11,12)/t6-/m1/s1. The number of nitrogens with zero attached hydrogens (tertiary/aromatic N) is 1. The van der Waals surface area contributed by atoms with Crippen LogP contribution in [0.1, 0.15) is 11.6 Å². The van der Waals surface area contributed by atoms with Crippen LogP contribution >= 0.6 is 0 Å². The summed E-state index contributed by atoms with van der Waals surface area (Å²) in [4.78, 5) is 14.1. The Kier molecular flexibility index (Phi) is 1.84. The van der Waals surface area contributed by atoms with E-state index in [-0.39, 0.29) is 6.61 Å². The van der Waals surface area contributed by atoms with Crippen LogP contribution in [0, 0.1) is 5.95 Å². The average molecular weight is 182 g/mol. The number of cyclic esters (lactones) is 1. The number of amides is 1. The molecule has 0 aliphatic carbocycles. The zero-order chi connectivity index (χ0) is 9.26. The molecule has 0 spiro atoms. The molecule has 1 N–H and O–H groups in total. The monoisotopic (exact) mass is 182 g/mol. The van der Waals surface area contributed by atoms with Gasteiger partial charge in [0.1, 0.15) is 6.61 Å². The van der Waals surface area contributed by atoms with Gasteiger partial charge in [-0.15, -0.1) is 0 Å². The van der Waals surface area contributed by atoms with Gasteiger partial charge in [-0.3, -0.25) is 0 Å². The lowest BCUT2D eigenvalue weighted by Gasteiger charge is -2.06. The molecule has 1 aliphatic rings. The number of carbonyl (C=O) groups excluding carboxylic acids is 1. The molecular formula is C8H7FN2O2. The number of carbonyl (C=O) groups is 1. The van der Waals surface area contributed by atoms with E-state index in [9.17, 15) is 9.18 Å². The van der Waals surface area contributed by atoms with E-state index in [1.165, 1.54) is 6.20 Å². The predicted octanol–water partition coefficient (Wildman–Crippen LogP) is 1.00. The molecule has 2 heterocycles. The van der Waals surface area contributed by atoms with E-state index in [1.807, 2.05) is 0 Å². The first-order chi connectivity index (χ1) is 6.27. The summed E-state index contributed by atoms with van der Waals surface area (Å²) < 4.78 is 17.7. The van der Waals surface area contributed by atoms with Gasteiger partial charge >= 0.3 is 6.09 Å². The summed E-state index contributed by atoms with van der Waals surface area (Å²) in [5.74, 6) is -0.571. The molecule has 0 saturated carbocycles. The van der Waals surface area contributed by atoms with Crippen LogP contribution in [0.25, 0.3) is 0 Å². The van der Waals surface area contributed by atoms with E-state index in [0.717, 1.165) is 0 Å². The fraction of sp³-hybridized carbons (Fsp3) is 0.250. The maximum atomic E-state index is 13.1. The lowest BCUT2D eigenvalue weighted by Crippen LogP contribution is -2.19. The number of hydrogen-bond acceptors (Lipinski definition) is 3. The van der Waals surface area contributed by atoms with Gasteiger partial charge in [-0.25, -0.2) is 9.78 Å². The van der Waals surface area contributed by atoms with Crippen molar-refractivity contribution in [2.24, 2.45) is 0 Å². The SMILES string of the molecule is O=C1N[C@@H](c2cccnc2F)CO1. The van der Waals surface area contributed by atoms with Crippen LogP contribution in [0.15, 0.2) is 18.3 Å². The van der Waals surface area contributed by atoms with Crippen molar-refractivity contribution in [2.45, 2.75) is 6.04 Å². The molecule has 2 rings (SSSR count). The Labute approximate surface area is 73.7 Å². The normalized spacial score (nSPS) is 21.0. The molecular weight excluding hydrogens is 175 g/mol. The maximum absolute atomic E-state index is 13.1. The summed E-state index contributed by atoms with van der Waals surface area (Å²) in [5.41, 5.74) is 0.355. The second kappa shape index (κ2) is 3.01. The minimum atomic E-state index is -0.571. The Morgan fingerprint density at radius 2 is 2.54 bits per heavy atom. The van der Waals surface area contributed by atoms with Crippen molar-refractivity contribution in [1.29, 1.82) is 0 Å². The largest absolute Gasteiger partial charge is 0.447 e. The molecule has 5 heteroatoms. The third-order valence-electron chi connectivity index (χ3n) is 1.84. The van der Waals surface area contributed by atoms with E-state index in [4.69, 9.17) is 0 Å². The molecule has 0 aromatic carbocycles. The fourth-order valence-corrected chi connectivity index (χ4v) is 1.21. The van der Waals surface area contributed by atoms with Gasteiger partial charge in [0.05, 0.1) is 6.04 Å². The summed E-state index contributed by atoms with van der Waals surface area (Å²) in [5, 5.41) is 2.47. The van der Waals surface area contributed by atoms with Crippen molar-refractivity contribution in [1.82, 2.24) is 10.3 Å². The zero-order valence-electron chi connectivity index (χ0n) is 6.66. The van der Waals surface area contributed by atoms with Gasteiger partial charge in [-0.1, -0.05) is 6.07 Å². The lowest BCUT2D eigenvalue weighted by atomic mass is 10.1. The lowest BCUT2D eigenvalue weighted by molar-refractivity contribution is 0.176. The Hall–Kier alpha value is -1.65. The van der Waals surface area contributed by atoms with Crippen LogP contribution < -0.4 is 5.32 Å². The van der Waals surface area contributed by atoms with Gasteiger partial charge in [0.2, 0.25) is 5.95 Å². The van der Waals surface area contributed by atoms with Gasteiger partial charge in [0.15, 0.2) is 0 Å². The molecule has 0 unspecified atom stereocenters. The van der Waals surface area contributed by atoms with Crippen molar-refractivity contribution in [3.63, 3.8) is 0 Å². The van der Waals surface area contributed by atoms with Gasteiger partial charge in [-0.05, 0) is 6.07 Å². The first kappa shape index (κ1) is 7.97. The van der Waals surface area contributed by atoms with Crippen LogP contribution in [0.5, 0.6) is 0 Å². The van der Waals surface area contributed by atoms with Crippen molar-refractivity contribution in [3.8, 4) is 0 Å². The van der Waals surface area contributed by atoms with E-state index >= 15 is 0 Å². The number of nitrogens with one attached hydrogen (secondary N) is 1. The molecule has 0 radical (unpaired) electrons. The predicted molar refractivity (Wildman–Crippen MR) is 41.4 cm³/mol. The number of pyridine rings is 1. The number of ether oxygens (including phenoxy) is 1. The highest BCUT2D eigenvalue weighted by Gasteiger charge is 2.26. The summed E-state index contributed by atoms with van der Waals surface area (Å²) >= 11 is 0. The molecule has 0 bridgehead atoms. The molecule has 68 valence electrons. The Morgan fingerprint density at radius 3 is 3.15 bits per heavy atom. The second-order valence-electron chi connectivity index (χ2n) is 2.68. The number of rotatable bonds is 1. The second-order valence-corrected chi connectivity index (χ2v) is 2.68. The number of hydrogen-bond donors (Lipinski definition) is 1. The highest BCUT2D eigenvalue weighted by Crippen LogP contribution is 2.18. The Morgan fingerprint density at radius 1 is 1.69 bits per heavy atom. The number of alkyl carbamates (subject to hydrolysis) is 1. The van der Waals surface area contributed by atoms with Crippen LogP contribution in [-0.4, -0.2) is 17.7 Å². The number of halogens is 1.